The predicted molar refractivity (Wildman–Crippen MR) is 79.9 cm³/mol. The fourth-order valence-corrected chi connectivity index (χ4v) is 3.05. The standard InChI is InChI=1S/C16H26N2O/c1-11-9-16(19-4)12(2)8-14(11)15(17-3)10-13-6-5-7-18-13/h8-9,13,15,17-18H,5-7,10H2,1-4H3. The molecule has 0 aliphatic carbocycles. The number of benzene rings is 1. The van der Waals surface area contributed by atoms with Crippen LogP contribution < -0.4 is 15.4 Å². The largest absolute Gasteiger partial charge is 0.496 e. The van der Waals surface area contributed by atoms with E-state index in [9.17, 15) is 0 Å². The van der Waals surface area contributed by atoms with Gasteiger partial charge in [-0.25, -0.2) is 0 Å². The minimum atomic E-state index is 0.417. The summed E-state index contributed by atoms with van der Waals surface area (Å²) in [6.45, 7) is 5.45. The van der Waals surface area contributed by atoms with Crippen molar-refractivity contribution >= 4 is 0 Å². The molecule has 19 heavy (non-hydrogen) atoms. The van der Waals surface area contributed by atoms with Crippen molar-refractivity contribution in [1.82, 2.24) is 10.6 Å². The van der Waals surface area contributed by atoms with Crippen molar-refractivity contribution in [2.45, 2.75) is 45.2 Å². The van der Waals surface area contributed by atoms with Gasteiger partial charge in [-0.2, -0.15) is 0 Å². The lowest BCUT2D eigenvalue weighted by Gasteiger charge is -2.23. The van der Waals surface area contributed by atoms with E-state index in [4.69, 9.17) is 4.74 Å². The normalized spacial score (nSPS) is 20.5. The van der Waals surface area contributed by atoms with Crippen LogP contribution in [0.2, 0.25) is 0 Å². The zero-order valence-corrected chi connectivity index (χ0v) is 12.5. The van der Waals surface area contributed by atoms with Gasteiger partial charge >= 0.3 is 0 Å². The maximum Gasteiger partial charge on any atom is 0.122 e. The van der Waals surface area contributed by atoms with E-state index in [2.05, 4.69) is 43.7 Å². The molecule has 1 fully saturated rings. The van der Waals surface area contributed by atoms with Gasteiger partial charge in [-0.05, 0) is 69.5 Å². The summed E-state index contributed by atoms with van der Waals surface area (Å²) in [6.07, 6.45) is 3.76. The van der Waals surface area contributed by atoms with Gasteiger partial charge in [-0.3, -0.25) is 0 Å². The molecule has 106 valence electrons. The Morgan fingerprint density at radius 1 is 1.37 bits per heavy atom. The van der Waals surface area contributed by atoms with E-state index in [1.54, 1.807) is 7.11 Å². The quantitative estimate of drug-likeness (QED) is 0.856. The lowest BCUT2D eigenvalue weighted by atomic mass is 9.93. The number of hydrogen-bond acceptors (Lipinski definition) is 3. The fraction of sp³-hybridized carbons (Fsp3) is 0.625. The Morgan fingerprint density at radius 3 is 2.74 bits per heavy atom. The molecule has 1 heterocycles. The van der Waals surface area contributed by atoms with Gasteiger partial charge in [0, 0.05) is 12.1 Å². The summed E-state index contributed by atoms with van der Waals surface area (Å²) in [6, 6.07) is 5.49. The molecule has 1 aliphatic rings. The number of ether oxygens (including phenoxy) is 1. The number of aryl methyl sites for hydroxylation is 2. The van der Waals surface area contributed by atoms with Crippen LogP contribution in [-0.2, 0) is 0 Å². The van der Waals surface area contributed by atoms with Crippen molar-refractivity contribution in [2.24, 2.45) is 0 Å². The molecule has 2 N–H and O–H groups in total. The molecule has 1 aromatic carbocycles. The minimum absolute atomic E-state index is 0.417. The van der Waals surface area contributed by atoms with E-state index in [0.717, 1.165) is 12.2 Å². The Morgan fingerprint density at radius 2 is 2.16 bits per heavy atom. The first kappa shape index (κ1) is 14.4. The summed E-state index contributed by atoms with van der Waals surface area (Å²) in [4.78, 5) is 0. The Kier molecular flexibility index (Phi) is 4.83. The third kappa shape index (κ3) is 3.28. The van der Waals surface area contributed by atoms with Crippen molar-refractivity contribution < 1.29 is 4.74 Å². The van der Waals surface area contributed by atoms with E-state index in [-0.39, 0.29) is 0 Å². The highest BCUT2D eigenvalue weighted by Gasteiger charge is 2.21. The Labute approximate surface area is 116 Å². The Balaban J connectivity index is 2.19. The number of hydrogen-bond donors (Lipinski definition) is 2. The van der Waals surface area contributed by atoms with Gasteiger partial charge in [0.15, 0.2) is 0 Å². The smallest absolute Gasteiger partial charge is 0.122 e. The molecular weight excluding hydrogens is 236 g/mol. The predicted octanol–water partition coefficient (Wildman–Crippen LogP) is 2.71. The zero-order chi connectivity index (χ0) is 13.8. The fourth-order valence-electron chi connectivity index (χ4n) is 3.05. The van der Waals surface area contributed by atoms with E-state index < -0.39 is 0 Å². The third-order valence-corrected chi connectivity index (χ3v) is 4.19. The molecular formula is C16H26N2O. The Hall–Kier alpha value is -1.06. The van der Waals surface area contributed by atoms with Crippen molar-refractivity contribution in [3.05, 3.63) is 28.8 Å². The van der Waals surface area contributed by atoms with Gasteiger partial charge in [0.25, 0.3) is 0 Å². The van der Waals surface area contributed by atoms with Crippen LogP contribution in [0.15, 0.2) is 12.1 Å². The topological polar surface area (TPSA) is 33.3 Å². The molecule has 0 spiro atoms. The highest BCUT2D eigenvalue weighted by atomic mass is 16.5. The first-order chi connectivity index (χ1) is 9.15. The second kappa shape index (κ2) is 6.40. The SMILES string of the molecule is CNC(CC1CCCN1)c1cc(C)c(OC)cc1C. The van der Waals surface area contributed by atoms with E-state index in [1.165, 1.54) is 36.1 Å². The van der Waals surface area contributed by atoms with Gasteiger partial charge in [-0.15, -0.1) is 0 Å². The summed E-state index contributed by atoms with van der Waals surface area (Å²) < 4.78 is 5.39. The molecule has 0 amide bonds. The zero-order valence-electron chi connectivity index (χ0n) is 12.5. The van der Waals surface area contributed by atoms with E-state index in [0.29, 0.717) is 12.1 Å². The lowest BCUT2D eigenvalue weighted by molar-refractivity contribution is 0.409. The average Bonchev–Trinajstić information content (AvgIpc) is 2.91. The maximum absolute atomic E-state index is 5.39. The molecule has 0 saturated carbocycles. The molecule has 0 bridgehead atoms. The number of nitrogens with one attached hydrogen (secondary N) is 2. The van der Waals surface area contributed by atoms with Crippen LogP contribution in [-0.4, -0.2) is 26.7 Å². The molecule has 1 aromatic rings. The highest BCUT2D eigenvalue weighted by Crippen LogP contribution is 2.29. The molecule has 3 heteroatoms. The van der Waals surface area contributed by atoms with Crippen LogP contribution in [0.25, 0.3) is 0 Å². The molecule has 0 radical (unpaired) electrons. The van der Waals surface area contributed by atoms with Crippen LogP contribution in [0.3, 0.4) is 0 Å². The summed E-state index contributed by atoms with van der Waals surface area (Å²) in [7, 11) is 3.79. The molecule has 2 unspecified atom stereocenters. The van der Waals surface area contributed by atoms with Gasteiger partial charge in [0.2, 0.25) is 0 Å². The van der Waals surface area contributed by atoms with Crippen molar-refractivity contribution in [2.75, 3.05) is 20.7 Å². The summed E-state index contributed by atoms with van der Waals surface area (Å²) in [5.74, 6) is 0.982. The monoisotopic (exact) mass is 262 g/mol. The summed E-state index contributed by atoms with van der Waals surface area (Å²) in [5.41, 5.74) is 3.91. The van der Waals surface area contributed by atoms with Crippen LogP contribution in [0.1, 0.15) is 42.0 Å². The molecule has 3 nitrogen and oxygen atoms in total. The van der Waals surface area contributed by atoms with Crippen molar-refractivity contribution in [1.29, 1.82) is 0 Å². The third-order valence-electron chi connectivity index (χ3n) is 4.19. The molecule has 1 aliphatic heterocycles. The molecule has 1 saturated heterocycles. The molecule has 2 rings (SSSR count). The van der Waals surface area contributed by atoms with Gasteiger partial charge in [-0.1, -0.05) is 6.07 Å². The van der Waals surface area contributed by atoms with E-state index in [1.807, 2.05) is 0 Å². The number of methoxy groups -OCH3 is 1. The molecule has 2 atom stereocenters. The van der Waals surface area contributed by atoms with Crippen LogP contribution in [0, 0.1) is 13.8 Å². The summed E-state index contributed by atoms with van der Waals surface area (Å²) >= 11 is 0. The Bertz CT molecular complexity index is 425. The second-order valence-corrected chi connectivity index (χ2v) is 5.55. The van der Waals surface area contributed by atoms with Crippen LogP contribution in [0.4, 0.5) is 0 Å². The van der Waals surface area contributed by atoms with E-state index >= 15 is 0 Å². The molecule has 0 aromatic heterocycles. The minimum Gasteiger partial charge on any atom is -0.496 e. The van der Waals surface area contributed by atoms with Gasteiger partial charge in [0.1, 0.15) is 5.75 Å². The first-order valence-corrected chi connectivity index (χ1v) is 7.21. The van der Waals surface area contributed by atoms with Crippen molar-refractivity contribution in [3.63, 3.8) is 0 Å². The van der Waals surface area contributed by atoms with Crippen LogP contribution >= 0.6 is 0 Å². The van der Waals surface area contributed by atoms with Gasteiger partial charge < -0.3 is 15.4 Å². The maximum atomic E-state index is 5.39. The second-order valence-electron chi connectivity index (χ2n) is 5.55. The van der Waals surface area contributed by atoms with Gasteiger partial charge in [0.05, 0.1) is 7.11 Å². The average molecular weight is 262 g/mol. The summed E-state index contributed by atoms with van der Waals surface area (Å²) in [5, 5.41) is 7.05. The van der Waals surface area contributed by atoms with Crippen LogP contribution in [0.5, 0.6) is 5.75 Å². The van der Waals surface area contributed by atoms with Crippen molar-refractivity contribution in [3.8, 4) is 5.75 Å². The number of rotatable bonds is 5. The first-order valence-electron chi connectivity index (χ1n) is 7.21. The highest BCUT2D eigenvalue weighted by molar-refractivity contribution is 5.43. The lowest BCUT2D eigenvalue weighted by Crippen LogP contribution is -2.29.